The van der Waals surface area contributed by atoms with Crippen LogP contribution in [0.25, 0.3) is 0 Å². The van der Waals surface area contributed by atoms with Crippen molar-refractivity contribution in [2.45, 2.75) is 26.4 Å². The Kier molecular flexibility index (Phi) is 3.87. The van der Waals surface area contributed by atoms with Crippen molar-refractivity contribution in [3.63, 3.8) is 0 Å². The zero-order valence-electron chi connectivity index (χ0n) is 10.3. The minimum absolute atomic E-state index is 0.751. The van der Waals surface area contributed by atoms with Crippen molar-refractivity contribution >= 4 is 0 Å². The van der Waals surface area contributed by atoms with Crippen LogP contribution < -0.4 is 5.32 Å². The van der Waals surface area contributed by atoms with E-state index in [1.807, 2.05) is 28.7 Å². The first-order valence-corrected chi connectivity index (χ1v) is 5.85. The van der Waals surface area contributed by atoms with Gasteiger partial charge in [-0.05, 0) is 13.0 Å². The van der Waals surface area contributed by atoms with Gasteiger partial charge in [-0.15, -0.1) is 0 Å². The van der Waals surface area contributed by atoms with E-state index in [2.05, 4.69) is 27.4 Å². The highest BCUT2D eigenvalue weighted by Crippen LogP contribution is 1.96. The van der Waals surface area contributed by atoms with Crippen molar-refractivity contribution in [2.24, 2.45) is 7.05 Å². The molecule has 0 aliphatic carbocycles. The van der Waals surface area contributed by atoms with Gasteiger partial charge in [0.05, 0.1) is 12.2 Å². The van der Waals surface area contributed by atoms with Gasteiger partial charge in [-0.2, -0.15) is 10.2 Å². The summed E-state index contributed by atoms with van der Waals surface area (Å²) < 4.78 is 3.72. The zero-order valence-corrected chi connectivity index (χ0v) is 10.3. The fraction of sp³-hybridized carbons (Fsp3) is 0.545. The molecule has 0 unspecified atom stereocenters. The molecule has 0 aliphatic rings. The highest BCUT2D eigenvalue weighted by atomic mass is 15.3. The fourth-order valence-corrected chi connectivity index (χ4v) is 1.70. The molecule has 17 heavy (non-hydrogen) atoms. The predicted octanol–water partition coefficient (Wildman–Crippen LogP) is 0.364. The van der Waals surface area contributed by atoms with E-state index < -0.39 is 0 Å². The predicted molar refractivity (Wildman–Crippen MR) is 64.3 cm³/mol. The van der Waals surface area contributed by atoms with Gasteiger partial charge >= 0.3 is 0 Å². The van der Waals surface area contributed by atoms with Crippen LogP contribution in [-0.2, 0) is 26.6 Å². The molecule has 0 aromatic carbocycles. The molecular formula is C11H18N6. The molecule has 0 saturated carbocycles. The second kappa shape index (κ2) is 5.58. The molecule has 0 spiro atoms. The van der Waals surface area contributed by atoms with Gasteiger partial charge in [0.25, 0.3) is 0 Å². The van der Waals surface area contributed by atoms with Gasteiger partial charge in [0.2, 0.25) is 0 Å². The highest BCUT2D eigenvalue weighted by molar-refractivity contribution is 4.99. The number of hydrogen-bond donors (Lipinski definition) is 1. The normalized spacial score (nSPS) is 10.9. The van der Waals surface area contributed by atoms with Gasteiger partial charge in [0.15, 0.2) is 0 Å². The molecule has 0 aliphatic heterocycles. The first-order chi connectivity index (χ1) is 8.29. The first-order valence-electron chi connectivity index (χ1n) is 5.85. The minimum Gasteiger partial charge on any atom is -0.309 e. The lowest BCUT2D eigenvalue weighted by Crippen LogP contribution is -2.20. The third kappa shape index (κ3) is 3.13. The van der Waals surface area contributed by atoms with Gasteiger partial charge in [-0.25, -0.2) is 9.67 Å². The third-order valence-electron chi connectivity index (χ3n) is 2.61. The number of rotatable bonds is 6. The quantitative estimate of drug-likeness (QED) is 0.733. The Bertz CT molecular complexity index is 458. The van der Waals surface area contributed by atoms with Crippen LogP contribution in [0.3, 0.4) is 0 Å². The molecule has 2 aromatic rings. The lowest BCUT2D eigenvalue weighted by Gasteiger charge is -2.04. The lowest BCUT2D eigenvalue weighted by atomic mass is 10.3. The molecule has 0 bridgehead atoms. The summed E-state index contributed by atoms with van der Waals surface area (Å²) in [4.78, 5) is 4.21. The molecule has 0 atom stereocenters. The van der Waals surface area contributed by atoms with E-state index in [0.29, 0.717) is 0 Å². The topological polar surface area (TPSA) is 60.6 Å². The maximum Gasteiger partial charge on any atom is 0.140 e. The van der Waals surface area contributed by atoms with E-state index in [-0.39, 0.29) is 0 Å². The third-order valence-corrected chi connectivity index (χ3v) is 2.61. The Balaban J connectivity index is 1.73. The molecule has 0 saturated heterocycles. The Morgan fingerprint density at radius 3 is 3.00 bits per heavy atom. The minimum atomic E-state index is 0.751. The van der Waals surface area contributed by atoms with E-state index >= 15 is 0 Å². The molecule has 0 radical (unpaired) electrons. The Morgan fingerprint density at radius 1 is 1.41 bits per heavy atom. The number of hydrogen-bond acceptors (Lipinski definition) is 4. The van der Waals surface area contributed by atoms with Crippen LogP contribution in [0.1, 0.15) is 18.4 Å². The Hall–Kier alpha value is -1.69. The summed E-state index contributed by atoms with van der Waals surface area (Å²) in [5.41, 5.74) is 1.11. The average Bonchev–Trinajstić information content (AvgIpc) is 2.93. The monoisotopic (exact) mass is 234 g/mol. The summed E-state index contributed by atoms with van der Waals surface area (Å²) in [5, 5.41) is 11.8. The second-order valence-electron chi connectivity index (χ2n) is 3.90. The van der Waals surface area contributed by atoms with Crippen molar-refractivity contribution in [2.75, 3.05) is 6.54 Å². The summed E-state index contributed by atoms with van der Waals surface area (Å²) in [6.07, 6.45) is 4.49. The van der Waals surface area contributed by atoms with Crippen LogP contribution in [0.5, 0.6) is 0 Å². The van der Waals surface area contributed by atoms with Crippen LogP contribution in [0.2, 0.25) is 0 Å². The number of aryl methyl sites for hydroxylation is 2. The Labute approximate surface area is 101 Å². The van der Waals surface area contributed by atoms with E-state index in [1.54, 1.807) is 6.33 Å². The standard InChI is InChI=1S/C11H18N6/c1-3-17-11(13-9-14-17)8-12-6-4-10-5-7-16(2)15-10/h5,7,9,12H,3-4,6,8H2,1-2H3. The van der Waals surface area contributed by atoms with E-state index in [1.165, 1.54) is 0 Å². The highest BCUT2D eigenvalue weighted by Gasteiger charge is 2.02. The van der Waals surface area contributed by atoms with Crippen LogP contribution in [0, 0.1) is 0 Å². The summed E-state index contributed by atoms with van der Waals surface area (Å²) in [6, 6.07) is 2.04. The van der Waals surface area contributed by atoms with Crippen LogP contribution in [0.4, 0.5) is 0 Å². The molecule has 92 valence electrons. The van der Waals surface area contributed by atoms with E-state index in [0.717, 1.165) is 37.6 Å². The van der Waals surface area contributed by atoms with Gasteiger partial charge in [0, 0.05) is 32.8 Å². The Morgan fingerprint density at radius 2 is 2.29 bits per heavy atom. The van der Waals surface area contributed by atoms with Crippen molar-refractivity contribution in [1.82, 2.24) is 29.9 Å². The molecule has 2 rings (SSSR count). The van der Waals surface area contributed by atoms with Crippen molar-refractivity contribution in [1.29, 1.82) is 0 Å². The first kappa shape index (κ1) is 11.8. The summed E-state index contributed by atoms with van der Waals surface area (Å²) in [7, 11) is 1.93. The van der Waals surface area contributed by atoms with Crippen molar-refractivity contribution in [3.8, 4) is 0 Å². The SMILES string of the molecule is CCn1ncnc1CNCCc1ccn(C)n1. The molecule has 0 amide bonds. The maximum absolute atomic E-state index is 4.32. The van der Waals surface area contributed by atoms with E-state index in [9.17, 15) is 0 Å². The molecule has 6 nitrogen and oxygen atoms in total. The van der Waals surface area contributed by atoms with Gasteiger partial charge in [-0.1, -0.05) is 0 Å². The van der Waals surface area contributed by atoms with Gasteiger partial charge in [-0.3, -0.25) is 4.68 Å². The second-order valence-corrected chi connectivity index (χ2v) is 3.90. The zero-order chi connectivity index (χ0) is 12.1. The molecule has 6 heteroatoms. The van der Waals surface area contributed by atoms with Crippen LogP contribution in [-0.4, -0.2) is 31.1 Å². The largest absolute Gasteiger partial charge is 0.309 e. The molecule has 2 heterocycles. The number of nitrogens with zero attached hydrogens (tertiary/aromatic N) is 5. The fourth-order valence-electron chi connectivity index (χ4n) is 1.70. The average molecular weight is 234 g/mol. The number of nitrogens with one attached hydrogen (secondary N) is 1. The van der Waals surface area contributed by atoms with Crippen LogP contribution in [0.15, 0.2) is 18.6 Å². The molecular weight excluding hydrogens is 216 g/mol. The summed E-state index contributed by atoms with van der Waals surface area (Å²) in [5.74, 6) is 0.980. The van der Waals surface area contributed by atoms with Gasteiger partial charge in [0.1, 0.15) is 12.2 Å². The molecule has 2 aromatic heterocycles. The molecule has 0 fully saturated rings. The number of aromatic nitrogens is 5. The summed E-state index contributed by atoms with van der Waals surface area (Å²) >= 11 is 0. The molecule has 1 N–H and O–H groups in total. The maximum atomic E-state index is 4.32. The lowest BCUT2D eigenvalue weighted by molar-refractivity contribution is 0.570. The van der Waals surface area contributed by atoms with Crippen LogP contribution >= 0.6 is 0 Å². The summed E-state index contributed by atoms with van der Waals surface area (Å²) in [6.45, 7) is 4.57. The van der Waals surface area contributed by atoms with Crippen molar-refractivity contribution in [3.05, 3.63) is 30.1 Å². The van der Waals surface area contributed by atoms with Crippen molar-refractivity contribution < 1.29 is 0 Å². The van der Waals surface area contributed by atoms with E-state index in [4.69, 9.17) is 0 Å². The smallest absolute Gasteiger partial charge is 0.140 e. The van der Waals surface area contributed by atoms with Gasteiger partial charge < -0.3 is 5.32 Å².